The van der Waals surface area contributed by atoms with Crippen LogP contribution in [0, 0.1) is 13.8 Å². The molecule has 0 bridgehead atoms. The number of halogens is 1. The first-order chi connectivity index (χ1) is 16.1. The molecule has 0 unspecified atom stereocenters. The molecule has 0 aliphatic carbocycles. The van der Waals surface area contributed by atoms with Crippen molar-refractivity contribution in [3.8, 4) is 11.4 Å². The van der Waals surface area contributed by atoms with Gasteiger partial charge in [0, 0.05) is 22.0 Å². The van der Waals surface area contributed by atoms with Gasteiger partial charge < -0.3 is 9.57 Å². The summed E-state index contributed by atoms with van der Waals surface area (Å²) in [6.07, 6.45) is 3.24. The van der Waals surface area contributed by atoms with Gasteiger partial charge in [-0.3, -0.25) is 4.57 Å². The fraction of sp³-hybridized carbons (Fsp3) is 0.167. The predicted octanol–water partition coefficient (Wildman–Crippen LogP) is 4.90. The third-order valence-electron chi connectivity index (χ3n) is 5.57. The number of benzene rings is 2. The second kappa shape index (κ2) is 8.55. The number of hydrogen-bond acceptors (Lipinski definition) is 6. The Bertz CT molecular complexity index is 1490. The van der Waals surface area contributed by atoms with Gasteiger partial charge in [-0.1, -0.05) is 35.0 Å². The summed E-state index contributed by atoms with van der Waals surface area (Å²) < 4.78 is 9.07. The molecule has 8 nitrogen and oxygen atoms in total. The molecule has 3 aromatic heterocycles. The van der Waals surface area contributed by atoms with Gasteiger partial charge in [-0.15, -0.1) is 5.10 Å². The summed E-state index contributed by atoms with van der Waals surface area (Å²) in [4.78, 5) is 14.8. The van der Waals surface area contributed by atoms with Crippen LogP contribution in [0.4, 0.5) is 0 Å². The van der Waals surface area contributed by atoms with E-state index in [9.17, 15) is 0 Å². The summed E-state index contributed by atoms with van der Waals surface area (Å²) in [7, 11) is 1.66. The molecule has 3 heterocycles. The molecular weight excluding hydrogens is 440 g/mol. The third kappa shape index (κ3) is 3.78. The molecule has 0 amide bonds. The predicted molar refractivity (Wildman–Crippen MR) is 127 cm³/mol. The van der Waals surface area contributed by atoms with Gasteiger partial charge >= 0.3 is 0 Å². The number of nitrogens with zero attached hydrogens (tertiary/aromatic N) is 6. The second-order valence-corrected chi connectivity index (χ2v) is 7.92. The van der Waals surface area contributed by atoms with Crippen LogP contribution in [0.5, 0.6) is 5.75 Å². The largest absolute Gasteiger partial charge is 0.497 e. The van der Waals surface area contributed by atoms with E-state index in [1.54, 1.807) is 30.2 Å². The highest BCUT2D eigenvalue weighted by Crippen LogP contribution is 2.30. The fourth-order valence-corrected chi connectivity index (χ4v) is 3.97. The van der Waals surface area contributed by atoms with Crippen LogP contribution >= 0.6 is 11.6 Å². The number of methoxy groups -OCH3 is 1. The Labute approximate surface area is 195 Å². The molecule has 0 atom stereocenters. The van der Waals surface area contributed by atoms with Crippen molar-refractivity contribution >= 4 is 34.5 Å². The van der Waals surface area contributed by atoms with E-state index in [0.717, 1.165) is 44.9 Å². The van der Waals surface area contributed by atoms with Gasteiger partial charge in [0.15, 0.2) is 23.7 Å². The van der Waals surface area contributed by atoms with Crippen molar-refractivity contribution in [1.29, 1.82) is 0 Å². The Balaban J connectivity index is 1.47. The van der Waals surface area contributed by atoms with Crippen molar-refractivity contribution in [3.05, 3.63) is 82.5 Å². The van der Waals surface area contributed by atoms with E-state index in [4.69, 9.17) is 26.2 Å². The first kappa shape index (κ1) is 21.0. The molecule has 9 heteroatoms. The molecule has 5 rings (SSSR count). The summed E-state index contributed by atoms with van der Waals surface area (Å²) in [6.45, 7) is 4.26. The number of hydrogen-bond donors (Lipinski definition) is 0. The van der Waals surface area contributed by atoms with E-state index in [0.29, 0.717) is 10.8 Å². The van der Waals surface area contributed by atoms with Crippen molar-refractivity contribution < 1.29 is 9.57 Å². The quantitative estimate of drug-likeness (QED) is 0.266. The van der Waals surface area contributed by atoms with E-state index >= 15 is 0 Å². The topological polar surface area (TPSA) is 78.8 Å². The minimum atomic E-state index is 0.126. The van der Waals surface area contributed by atoms with Crippen LogP contribution in [0.1, 0.15) is 22.6 Å². The van der Waals surface area contributed by atoms with Crippen molar-refractivity contribution in [2.24, 2.45) is 5.16 Å². The number of aromatic nitrogens is 5. The number of fused-ring (bicyclic) bond motifs is 3. The van der Waals surface area contributed by atoms with Gasteiger partial charge in [-0.05, 0) is 49.7 Å². The maximum Gasteiger partial charge on any atom is 0.192 e. The molecule has 0 aliphatic heterocycles. The smallest absolute Gasteiger partial charge is 0.192 e. The molecule has 0 radical (unpaired) electrons. The first-order valence-corrected chi connectivity index (χ1v) is 10.7. The molecule has 0 aliphatic rings. The Morgan fingerprint density at radius 3 is 2.61 bits per heavy atom. The average Bonchev–Trinajstić information content (AvgIpc) is 3.36. The highest BCUT2D eigenvalue weighted by molar-refractivity contribution is 6.33. The van der Waals surface area contributed by atoms with Crippen LogP contribution in [0.2, 0.25) is 5.02 Å². The maximum absolute atomic E-state index is 6.13. The molecule has 0 fully saturated rings. The highest BCUT2D eigenvalue weighted by atomic mass is 35.5. The van der Waals surface area contributed by atoms with Crippen LogP contribution in [-0.2, 0) is 11.4 Å². The van der Waals surface area contributed by atoms with E-state index in [1.165, 1.54) is 0 Å². The second-order valence-electron chi connectivity index (χ2n) is 7.51. The zero-order valence-electron chi connectivity index (χ0n) is 18.4. The zero-order chi connectivity index (χ0) is 22.9. The lowest BCUT2D eigenvalue weighted by molar-refractivity contribution is 0.126. The fourth-order valence-electron chi connectivity index (χ4n) is 3.78. The Kier molecular flexibility index (Phi) is 5.43. The lowest BCUT2D eigenvalue weighted by atomic mass is 10.2. The zero-order valence-corrected chi connectivity index (χ0v) is 19.1. The molecule has 166 valence electrons. The Morgan fingerprint density at radius 1 is 1.06 bits per heavy atom. The van der Waals surface area contributed by atoms with Gasteiger partial charge in [0.05, 0.1) is 18.7 Å². The van der Waals surface area contributed by atoms with Crippen molar-refractivity contribution in [2.75, 3.05) is 7.11 Å². The minimum Gasteiger partial charge on any atom is -0.497 e. The number of aryl methyl sites for hydroxylation is 1. The van der Waals surface area contributed by atoms with Gasteiger partial charge in [-0.2, -0.15) is 0 Å². The van der Waals surface area contributed by atoms with Crippen molar-refractivity contribution in [2.45, 2.75) is 20.5 Å². The van der Waals surface area contributed by atoms with Gasteiger partial charge in [-0.25, -0.2) is 14.5 Å². The number of ether oxygens (including phenoxy) is 1. The monoisotopic (exact) mass is 460 g/mol. The lowest BCUT2D eigenvalue weighted by Gasteiger charge is -2.08. The Morgan fingerprint density at radius 2 is 1.85 bits per heavy atom. The van der Waals surface area contributed by atoms with Crippen LogP contribution in [-0.4, -0.2) is 37.5 Å². The molecule has 0 N–H and O–H groups in total. The molecule has 33 heavy (non-hydrogen) atoms. The van der Waals surface area contributed by atoms with E-state index in [2.05, 4.69) is 33.7 Å². The molecular formula is C24H21ClN6O2. The molecule has 0 saturated carbocycles. The summed E-state index contributed by atoms with van der Waals surface area (Å²) in [5, 5.41) is 10.0. The van der Waals surface area contributed by atoms with Crippen molar-refractivity contribution in [1.82, 2.24) is 24.1 Å². The van der Waals surface area contributed by atoms with Crippen LogP contribution in [0.25, 0.3) is 22.4 Å². The van der Waals surface area contributed by atoms with Gasteiger partial charge in [0.1, 0.15) is 12.1 Å². The van der Waals surface area contributed by atoms with Gasteiger partial charge in [0.2, 0.25) is 0 Å². The van der Waals surface area contributed by atoms with E-state index in [-0.39, 0.29) is 6.61 Å². The summed E-state index contributed by atoms with van der Waals surface area (Å²) >= 11 is 6.13. The summed E-state index contributed by atoms with van der Waals surface area (Å²) in [6, 6.07) is 15.3. The highest BCUT2D eigenvalue weighted by Gasteiger charge is 2.19. The minimum absolute atomic E-state index is 0.126. The van der Waals surface area contributed by atoms with Crippen LogP contribution < -0.4 is 4.74 Å². The third-order valence-corrected chi connectivity index (χ3v) is 5.92. The first-order valence-electron chi connectivity index (χ1n) is 10.3. The van der Waals surface area contributed by atoms with Crippen LogP contribution in [0.3, 0.4) is 0 Å². The Hall–Kier alpha value is -3.91. The number of rotatable bonds is 6. The van der Waals surface area contributed by atoms with Crippen LogP contribution in [0.15, 0.2) is 60.0 Å². The SMILES string of the molecule is COc1ccc(-n2c(C)c(C)c3c2ncn2nc(CO/N=C\c4ccccc4Cl)nc32)cc1. The van der Waals surface area contributed by atoms with Gasteiger partial charge in [0.25, 0.3) is 0 Å². The lowest BCUT2D eigenvalue weighted by Crippen LogP contribution is -1.99. The molecule has 0 saturated heterocycles. The maximum atomic E-state index is 6.13. The summed E-state index contributed by atoms with van der Waals surface area (Å²) in [5.74, 6) is 1.31. The average molecular weight is 461 g/mol. The van der Waals surface area contributed by atoms with E-state index < -0.39 is 0 Å². The number of oxime groups is 1. The molecule has 5 aromatic rings. The normalized spacial score (nSPS) is 11.6. The van der Waals surface area contributed by atoms with E-state index in [1.807, 2.05) is 42.5 Å². The molecule has 2 aromatic carbocycles. The van der Waals surface area contributed by atoms with Crippen molar-refractivity contribution in [3.63, 3.8) is 0 Å². The standard InChI is InChI=1S/C24H21ClN6O2/c1-15-16(2)31(18-8-10-19(32-3)11-9-18)23-22(15)24-28-21(29-30(24)14-26-23)13-33-27-12-17-6-4-5-7-20(17)25/h4-12,14H,13H2,1-3H3/b27-12-. The summed E-state index contributed by atoms with van der Waals surface area (Å²) in [5.41, 5.74) is 5.50. The molecule has 0 spiro atoms.